The van der Waals surface area contributed by atoms with E-state index in [1.54, 1.807) is 12.1 Å². The molecule has 1 unspecified atom stereocenters. The molecule has 0 fully saturated rings. The second kappa shape index (κ2) is 5.85. The highest BCUT2D eigenvalue weighted by Crippen LogP contribution is 2.31. The first-order valence-corrected chi connectivity index (χ1v) is 6.57. The van der Waals surface area contributed by atoms with Crippen LogP contribution in [0.15, 0.2) is 42.5 Å². The number of halogens is 4. The lowest BCUT2D eigenvalue weighted by Gasteiger charge is -2.17. The third kappa shape index (κ3) is 3.82. The van der Waals surface area contributed by atoms with Crippen LogP contribution in [0.3, 0.4) is 0 Å². The molecule has 2 rings (SSSR count). The molecule has 1 atom stereocenters. The van der Waals surface area contributed by atoms with Crippen LogP contribution < -0.4 is 5.32 Å². The topological polar surface area (TPSA) is 32.3 Å². The number of rotatable bonds is 3. The van der Waals surface area contributed by atoms with E-state index >= 15 is 0 Å². The van der Waals surface area contributed by atoms with E-state index in [2.05, 4.69) is 5.32 Å². The minimum absolute atomic E-state index is 0.0237. The summed E-state index contributed by atoms with van der Waals surface area (Å²) >= 11 is 5.80. The van der Waals surface area contributed by atoms with Crippen molar-refractivity contribution in [2.75, 3.05) is 5.32 Å². The van der Waals surface area contributed by atoms with E-state index in [0.29, 0.717) is 11.3 Å². The zero-order chi connectivity index (χ0) is 15.6. The van der Waals surface area contributed by atoms with Crippen LogP contribution in [0.1, 0.15) is 24.1 Å². The fraction of sp³-hybridized carbons (Fsp3) is 0.200. The second-order valence-electron chi connectivity index (χ2n) is 4.65. The molecular weight excluding hydrogens is 303 g/mol. The van der Waals surface area contributed by atoms with Crippen LogP contribution in [0, 0.1) is 0 Å². The van der Waals surface area contributed by atoms with Crippen molar-refractivity contribution in [3.63, 3.8) is 0 Å². The first-order chi connectivity index (χ1) is 9.77. The molecule has 2 aromatic rings. The Hall–Kier alpha value is -1.88. The lowest BCUT2D eigenvalue weighted by Crippen LogP contribution is -2.08. The van der Waals surface area contributed by atoms with Gasteiger partial charge in [-0.25, -0.2) is 0 Å². The fourth-order valence-corrected chi connectivity index (χ4v) is 2.07. The Kier molecular flexibility index (Phi) is 4.32. The van der Waals surface area contributed by atoms with Gasteiger partial charge < -0.3 is 10.4 Å². The molecule has 2 nitrogen and oxygen atoms in total. The number of aromatic hydroxyl groups is 1. The van der Waals surface area contributed by atoms with Crippen molar-refractivity contribution in [3.05, 3.63) is 58.6 Å². The summed E-state index contributed by atoms with van der Waals surface area (Å²) in [5.74, 6) is -0.0237. The standard InChI is InChI=1S/C15H13ClF3NO/c1-9(20-12-6-7-14(21)13(16)8-12)10-2-4-11(5-3-10)15(17,18)19/h2-9,20-21H,1H3. The molecule has 0 bridgehead atoms. The summed E-state index contributed by atoms with van der Waals surface area (Å²) in [6, 6.07) is 9.41. The molecule has 0 saturated heterocycles. The Balaban J connectivity index is 2.13. The summed E-state index contributed by atoms with van der Waals surface area (Å²) in [5, 5.41) is 12.7. The van der Waals surface area contributed by atoms with Crippen LogP contribution >= 0.6 is 11.6 Å². The van der Waals surface area contributed by atoms with E-state index < -0.39 is 11.7 Å². The van der Waals surface area contributed by atoms with Crippen molar-refractivity contribution in [2.45, 2.75) is 19.1 Å². The predicted molar refractivity (Wildman–Crippen MR) is 76.6 cm³/mol. The van der Waals surface area contributed by atoms with Crippen LogP contribution in [0.5, 0.6) is 5.75 Å². The highest BCUT2D eigenvalue weighted by Gasteiger charge is 2.30. The quantitative estimate of drug-likeness (QED) is 0.759. The maximum Gasteiger partial charge on any atom is 0.416 e. The number of alkyl halides is 3. The number of benzene rings is 2. The summed E-state index contributed by atoms with van der Waals surface area (Å²) in [6.07, 6.45) is -4.33. The molecule has 0 aromatic heterocycles. The van der Waals surface area contributed by atoms with Gasteiger partial charge in [-0.3, -0.25) is 0 Å². The zero-order valence-electron chi connectivity index (χ0n) is 11.1. The van der Waals surface area contributed by atoms with Crippen molar-refractivity contribution in [1.29, 1.82) is 0 Å². The Morgan fingerprint density at radius 2 is 1.71 bits per heavy atom. The average Bonchev–Trinajstić information content (AvgIpc) is 2.42. The maximum atomic E-state index is 12.5. The smallest absolute Gasteiger partial charge is 0.416 e. The number of nitrogens with one attached hydrogen (secondary N) is 1. The predicted octanol–water partition coefficient (Wildman–Crippen LogP) is 5.24. The molecule has 0 amide bonds. The van der Waals surface area contributed by atoms with E-state index in [1.165, 1.54) is 18.2 Å². The van der Waals surface area contributed by atoms with E-state index in [1.807, 2.05) is 6.92 Å². The van der Waals surface area contributed by atoms with Crippen LogP contribution in [-0.4, -0.2) is 5.11 Å². The Morgan fingerprint density at radius 1 is 1.10 bits per heavy atom. The van der Waals surface area contributed by atoms with Crippen molar-refractivity contribution in [3.8, 4) is 5.75 Å². The summed E-state index contributed by atoms with van der Waals surface area (Å²) < 4.78 is 37.5. The Morgan fingerprint density at radius 3 is 2.24 bits per heavy atom. The highest BCUT2D eigenvalue weighted by atomic mass is 35.5. The van der Waals surface area contributed by atoms with Gasteiger partial charge in [0.25, 0.3) is 0 Å². The molecule has 0 aliphatic heterocycles. The second-order valence-corrected chi connectivity index (χ2v) is 5.06. The molecule has 112 valence electrons. The first kappa shape index (κ1) is 15.5. The van der Waals surface area contributed by atoms with Crippen molar-refractivity contribution in [2.24, 2.45) is 0 Å². The van der Waals surface area contributed by atoms with Gasteiger partial charge in [0.2, 0.25) is 0 Å². The minimum atomic E-state index is -4.33. The van der Waals surface area contributed by atoms with Crippen LogP contribution in [0.2, 0.25) is 5.02 Å². The third-order valence-electron chi connectivity index (χ3n) is 3.07. The van der Waals surface area contributed by atoms with Gasteiger partial charge in [0, 0.05) is 11.7 Å². The molecule has 0 radical (unpaired) electrons. The Labute approximate surface area is 125 Å². The number of hydrogen-bond acceptors (Lipinski definition) is 2. The van der Waals surface area contributed by atoms with Crippen molar-refractivity contribution < 1.29 is 18.3 Å². The van der Waals surface area contributed by atoms with Gasteiger partial charge in [0.1, 0.15) is 5.75 Å². The minimum Gasteiger partial charge on any atom is -0.506 e. The number of hydrogen-bond donors (Lipinski definition) is 2. The summed E-state index contributed by atoms with van der Waals surface area (Å²) in [7, 11) is 0. The van der Waals surface area contributed by atoms with Crippen LogP contribution in [0.4, 0.5) is 18.9 Å². The van der Waals surface area contributed by atoms with Gasteiger partial charge in [0.05, 0.1) is 10.6 Å². The summed E-state index contributed by atoms with van der Waals surface area (Å²) in [4.78, 5) is 0. The maximum absolute atomic E-state index is 12.5. The summed E-state index contributed by atoms with van der Waals surface area (Å²) in [6.45, 7) is 1.82. The van der Waals surface area contributed by atoms with E-state index in [9.17, 15) is 18.3 Å². The molecular formula is C15H13ClF3NO. The molecule has 0 aliphatic rings. The van der Waals surface area contributed by atoms with Crippen LogP contribution in [0.25, 0.3) is 0 Å². The number of anilines is 1. The van der Waals surface area contributed by atoms with Crippen molar-refractivity contribution in [1.82, 2.24) is 0 Å². The monoisotopic (exact) mass is 315 g/mol. The van der Waals surface area contributed by atoms with Gasteiger partial charge in [-0.2, -0.15) is 13.2 Å². The molecule has 2 aromatic carbocycles. The largest absolute Gasteiger partial charge is 0.506 e. The SMILES string of the molecule is CC(Nc1ccc(O)c(Cl)c1)c1ccc(C(F)(F)F)cc1. The number of phenols is 1. The van der Waals surface area contributed by atoms with E-state index in [4.69, 9.17) is 11.6 Å². The lowest BCUT2D eigenvalue weighted by molar-refractivity contribution is -0.137. The third-order valence-corrected chi connectivity index (χ3v) is 3.37. The van der Waals surface area contributed by atoms with Gasteiger partial charge in [-0.15, -0.1) is 0 Å². The van der Waals surface area contributed by atoms with Crippen LogP contribution in [-0.2, 0) is 6.18 Å². The fourth-order valence-electron chi connectivity index (χ4n) is 1.89. The average molecular weight is 316 g/mol. The first-order valence-electron chi connectivity index (χ1n) is 6.19. The van der Waals surface area contributed by atoms with Gasteiger partial charge in [-0.1, -0.05) is 23.7 Å². The molecule has 0 spiro atoms. The molecule has 6 heteroatoms. The molecule has 2 N–H and O–H groups in total. The number of phenolic OH excluding ortho intramolecular Hbond substituents is 1. The molecule has 0 aliphatic carbocycles. The summed E-state index contributed by atoms with van der Waals surface area (Å²) in [5.41, 5.74) is 0.712. The van der Waals surface area contributed by atoms with E-state index in [0.717, 1.165) is 12.1 Å². The Bertz CT molecular complexity index is 626. The molecule has 21 heavy (non-hydrogen) atoms. The van der Waals surface area contributed by atoms with Crippen molar-refractivity contribution >= 4 is 17.3 Å². The molecule has 0 heterocycles. The highest BCUT2D eigenvalue weighted by molar-refractivity contribution is 6.32. The van der Waals surface area contributed by atoms with E-state index in [-0.39, 0.29) is 16.8 Å². The molecule has 0 saturated carbocycles. The normalized spacial score (nSPS) is 13.0. The zero-order valence-corrected chi connectivity index (χ0v) is 11.8. The van der Waals surface area contributed by atoms with Gasteiger partial charge in [-0.05, 0) is 42.8 Å². The van der Waals surface area contributed by atoms with Gasteiger partial charge in [0.15, 0.2) is 0 Å². The van der Waals surface area contributed by atoms with Gasteiger partial charge >= 0.3 is 6.18 Å². The lowest BCUT2D eigenvalue weighted by atomic mass is 10.1.